The number of halogens is 1. The maximum absolute atomic E-state index is 12.9. The van der Waals surface area contributed by atoms with Crippen LogP contribution in [0.1, 0.15) is 12.7 Å². The molecule has 1 aliphatic heterocycles. The van der Waals surface area contributed by atoms with Crippen molar-refractivity contribution >= 4 is 35.2 Å². The van der Waals surface area contributed by atoms with Crippen LogP contribution in [0.15, 0.2) is 63.9 Å². The number of hydrogen-bond donors (Lipinski definition) is 0. The molecular weight excluding hydrogens is 330 g/mol. The van der Waals surface area contributed by atoms with Crippen molar-refractivity contribution in [3.63, 3.8) is 0 Å². The first-order chi connectivity index (χ1) is 11.5. The predicted octanol–water partition coefficient (Wildman–Crippen LogP) is 3.81. The fourth-order valence-corrected chi connectivity index (χ4v) is 2.72. The van der Waals surface area contributed by atoms with Crippen LogP contribution in [0.4, 0.5) is 5.69 Å². The van der Waals surface area contributed by atoms with E-state index in [-0.39, 0.29) is 17.1 Å². The fraction of sp³-hybridized carbons (Fsp3) is 0.111. The predicted molar refractivity (Wildman–Crippen MR) is 90.3 cm³/mol. The number of anilines is 1. The first-order valence-corrected chi connectivity index (χ1v) is 7.55. The van der Waals surface area contributed by atoms with Crippen LogP contribution in [0.3, 0.4) is 0 Å². The molecular formula is C18H14ClNO4. The zero-order chi connectivity index (χ0) is 17.3. The van der Waals surface area contributed by atoms with Crippen molar-refractivity contribution < 1.29 is 18.7 Å². The van der Waals surface area contributed by atoms with Gasteiger partial charge in [0.05, 0.1) is 24.5 Å². The zero-order valence-electron chi connectivity index (χ0n) is 13.1. The Labute approximate surface area is 143 Å². The highest BCUT2D eigenvalue weighted by Gasteiger charge is 2.38. The van der Waals surface area contributed by atoms with Crippen molar-refractivity contribution in [3.05, 3.63) is 70.3 Å². The Morgan fingerprint density at radius 3 is 2.54 bits per heavy atom. The van der Waals surface area contributed by atoms with Gasteiger partial charge in [0, 0.05) is 16.4 Å². The minimum Gasteiger partial charge on any atom is -0.465 e. The Hall–Kier alpha value is -2.79. The Kier molecular flexibility index (Phi) is 4.27. The first kappa shape index (κ1) is 16.1. The summed E-state index contributed by atoms with van der Waals surface area (Å²) in [4.78, 5) is 26.5. The molecule has 2 heterocycles. The number of ether oxygens (including phenoxy) is 1. The van der Waals surface area contributed by atoms with Crippen LogP contribution in [-0.4, -0.2) is 19.0 Å². The minimum atomic E-state index is -0.574. The van der Waals surface area contributed by atoms with Gasteiger partial charge < -0.3 is 9.15 Å². The van der Waals surface area contributed by atoms with E-state index in [1.54, 1.807) is 43.3 Å². The average molecular weight is 344 g/mol. The SMILES string of the molecule is COC(=O)C1=C(C)N(c2ccc(Cl)cc2)C(=O)/C1=C\c1ccco1. The van der Waals surface area contributed by atoms with Crippen molar-refractivity contribution in [1.29, 1.82) is 0 Å². The van der Waals surface area contributed by atoms with Crippen LogP contribution < -0.4 is 4.90 Å². The number of furan rings is 1. The third kappa shape index (κ3) is 2.74. The van der Waals surface area contributed by atoms with E-state index in [1.807, 2.05) is 0 Å². The summed E-state index contributed by atoms with van der Waals surface area (Å²) in [5.41, 5.74) is 1.55. The molecule has 0 fully saturated rings. The van der Waals surface area contributed by atoms with Crippen LogP contribution >= 0.6 is 11.6 Å². The van der Waals surface area contributed by atoms with Gasteiger partial charge >= 0.3 is 5.97 Å². The van der Waals surface area contributed by atoms with Gasteiger partial charge in [0.15, 0.2) is 0 Å². The van der Waals surface area contributed by atoms with Crippen LogP contribution in [0.25, 0.3) is 6.08 Å². The van der Waals surface area contributed by atoms with Crippen LogP contribution in [0.2, 0.25) is 5.02 Å². The molecule has 0 spiro atoms. The van der Waals surface area contributed by atoms with Gasteiger partial charge in [-0.25, -0.2) is 4.79 Å². The minimum absolute atomic E-state index is 0.217. The number of hydrogen-bond acceptors (Lipinski definition) is 4. The monoisotopic (exact) mass is 343 g/mol. The second-order valence-electron chi connectivity index (χ2n) is 5.14. The van der Waals surface area contributed by atoms with Crippen molar-refractivity contribution in [2.24, 2.45) is 0 Å². The van der Waals surface area contributed by atoms with E-state index in [0.29, 0.717) is 22.2 Å². The lowest BCUT2D eigenvalue weighted by Crippen LogP contribution is -2.24. The molecule has 0 atom stereocenters. The molecule has 0 aliphatic carbocycles. The van der Waals surface area contributed by atoms with Gasteiger partial charge in [-0.3, -0.25) is 9.69 Å². The van der Waals surface area contributed by atoms with Gasteiger partial charge in [-0.15, -0.1) is 0 Å². The highest BCUT2D eigenvalue weighted by atomic mass is 35.5. The number of carbonyl (C=O) groups excluding carboxylic acids is 2. The lowest BCUT2D eigenvalue weighted by atomic mass is 10.1. The third-order valence-electron chi connectivity index (χ3n) is 3.70. The summed E-state index contributed by atoms with van der Waals surface area (Å²) in [6.45, 7) is 1.70. The molecule has 0 bridgehead atoms. The molecule has 122 valence electrons. The van der Waals surface area contributed by atoms with Crippen LogP contribution in [-0.2, 0) is 14.3 Å². The van der Waals surface area contributed by atoms with Crippen LogP contribution in [0.5, 0.6) is 0 Å². The Bertz CT molecular complexity index is 848. The quantitative estimate of drug-likeness (QED) is 0.628. The number of allylic oxidation sites excluding steroid dienone is 1. The number of nitrogens with zero attached hydrogens (tertiary/aromatic N) is 1. The van der Waals surface area contributed by atoms with Gasteiger partial charge in [0.25, 0.3) is 5.91 Å². The smallest absolute Gasteiger partial charge is 0.340 e. The van der Waals surface area contributed by atoms with E-state index < -0.39 is 5.97 Å². The standard InChI is InChI=1S/C18H14ClNO4/c1-11-16(18(22)23-2)15(10-14-4-3-9-24-14)17(21)20(11)13-7-5-12(19)6-8-13/h3-10H,1-2H3/b15-10-. The van der Waals surface area contributed by atoms with Crippen molar-refractivity contribution in [1.82, 2.24) is 0 Å². The fourth-order valence-electron chi connectivity index (χ4n) is 2.60. The second kappa shape index (κ2) is 6.37. The van der Waals surface area contributed by atoms with Crippen LogP contribution in [0, 0.1) is 0 Å². The summed E-state index contributed by atoms with van der Waals surface area (Å²) in [7, 11) is 1.28. The van der Waals surface area contributed by atoms with Crippen molar-refractivity contribution in [3.8, 4) is 0 Å². The van der Waals surface area contributed by atoms with Gasteiger partial charge in [0.1, 0.15) is 5.76 Å². The molecule has 1 aliphatic rings. The van der Waals surface area contributed by atoms with Gasteiger partial charge in [-0.1, -0.05) is 11.6 Å². The Morgan fingerprint density at radius 2 is 1.96 bits per heavy atom. The average Bonchev–Trinajstić information content (AvgIpc) is 3.16. The molecule has 3 rings (SSSR count). The molecule has 2 aromatic rings. The van der Waals surface area contributed by atoms with E-state index in [4.69, 9.17) is 20.8 Å². The molecule has 0 N–H and O–H groups in total. The van der Waals surface area contributed by atoms with Gasteiger partial charge in [0.2, 0.25) is 0 Å². The maximum Gasteiger partial charge on any atom is 0.340 e. The molecule has 24 heavy (non-hydrogen) atoms. The Morgan fingerprint density at radius 1 is 1.25 bits per heavy atom. The normalized spacial score (nSPS) is 16.2. The number of benzene rings is 1. The molecule has 0 saturated heterocycles. The highest BCUT2D eigenvalue weighted by Crippen LogP contribution is 2.35. The van der Waals surface area contributed by atoms with Crippen molar-refractivity contribution in [2.75, 3.05) is 12.0 Å². The van der Waals surface area contributed by atoms with E-state index >= 15 is 0 Å². The summed E-state index contributed by atoms with van der Waals surface area (Å²) in [6.07, 6.45) is 3.03. The number of methoxy groups -OCH3 is 1. The molecule has 0 radical (unpaired) electrons. The Balaban J connectivity index is 2.12. The molecule has 0 unspecified atom stereocenters. The molecule has 1 aromatic carbocycles. The summed E-state index contributed by atoms with van der Waals surface area (Å²) >= 11 is 5.90. The number of amides is 1. The topological polar surface area (TPSA) is 59.8 Å². The number of carbonyl (C=O) groups is 2. The second-order valence-corrected chi connectivity index (χ2v) is 5.58. The zero-order valence-corrected chi connectivity index (χ0v) is 13.8. The lowest BCUT2D eigenvalue weighted by Gasteiger charge is -2.17. The molecule has 0 saturated carbocycles. The van der Waals surface area contributed by atoms with E-state index in [1.165, 1.54) is 24.3 Å². The summed E-state index contributed by atoms with van der Waals surface area (Å²) in [5.74, 6) is -0.424. The molecule has 1 aromatic heterocycles. The molecule has 6 heteroatoms. The first-order valence-electron chi connectivity index (χ1n) is 7.17. The van der Waals surface area contributed by atoms with E-state index in [9.17, 15) is 9.59 Å². The number of esters is 1. The van der Waals surface area contributed by atoms with Gasteiger partial charge in [-0.2, -0.15) is 0 Å². The summed E-state index contributed by atoms with van der Waals surface area (Å²) in [6, 6.07) is 10.2. The van der Waals surface area contributed by atoms with Gasteiger partial charge in [-0.05, 0) is 49.4 Å². The molecule has 5 nitrogen and oxygen atoms in total. The largest absolute Gasteiger partial charge is 0.465 e. The van der Waals surface area contributed by atoms with Crippen molar-refractivity contribution in [2.45, 2.75) is 6.92 Å². The maximum atomic E-state index is 12.9. The summed E-state index contributed by atoms with van der Waals surface area (Å²) < 4.78 is 10.1. The third-order valence-corrected chi connectivity index (χ3v) is 3.96. The van der Waals surface area contributed by atoms with E-state index in [2.05, 4.69) is 0 Å². The number of rotatable bonds is 3. The van der Waals surface area contributed by atoms with E-state index in [0.717, 1.165) is 0 Å². The molecule has 1 amide bonds. The highest BCUT2D eigenvalue weighted by molar-refractivity contribution is 6.30. The summed E-state index contributed by atoms with van der Waals surface area (Å²) in [5, 5.41) is 0.562. The lowest BCUT2D eigenvalue weighted by molar-refractivity contribution is -0.136.